The summed E-state index contributed by atoms with van der Waals surface area (Å²) in [6, 6.07) is 5.75. The number of aliphatic hydroxyl groups is 2. The number of carbonyl (C=O) groups excluding carboxylic acids is 1. The maximum absolute atomic E-state index is 12.3. The van der Waals surface area contributed by atoms with Crippen molar-refractivity contribution in [2.75, 3.05) is 26.4 Å². The Bertz CT molecular complexity index is 779. The molecule has 8 nitrogen and oxygen atoms in total. The maximum atomic E-state index is 12.3. The van der Waals surface area contributed by atoms with Crippen molar-refractivity contribution in [3.05, 3.63) is 29.3 Å². The van der Waals surface area contributed by atoms with E-state index in [0.29, 0.717) is 24.5 Å². The van der Waals surface area contributed by atoms with Crippen LogP contribution >= 0.6 is 0 Å². The van der Waals surface area contributed by atoms with Crippen molar-refractivity contribution >= 4 is 11.9 Å². The second kappa shape index (κ2) is 11.6. The summed E-state index contributed by atoms with van der Waals surface area (Å²) in [7, 11) is 0. The molecule has 2 aliphatic rings. The van der Waals surface area contributed by atoms with E-state index in [-0.39, 0.29) is 50.5 Å². The monoisotopic (exact) mass is 450 g/mol. The number of aliphatic hydroxyl groups excluding tert-OH is 2. The molecule has 3 rings (SSSR count). The molecule has 0 spiro atoms. The number of ether oxygens (including phenoxy) is 3. The molecule has 32 heavy (non-hydrogen) atoms. The Kier molecular flexibility index (Phi) is 8.90. The van der Waals surface area contributed by atoms with E-state index < -0.39 is 11.9 Å². The highest BCUT2D eigenvalue weighted by molar-refractivity contribution is 5.71. The Morgan fingerprint density at radius 1 is 1.22 bits per heavy atom. The number of esters is 1. The highest BCUT2D eigenvalue weighted by Crippen LogP contribution is 2.49. The quantitative estimate of drug-likeness (QED) is 0.326. The summed E-state index contributed by atoms with van der Waals surface area (Å²) >= 11 is 0. The predicted octanol–water partition coefficient (Wildman–Crippen LogP) is 1.97. The zero-order valence-electron chi connectivity index (χ0n) is 18.6. The number of fused-ring (bicyclic) bond motifs is 2. The van der Waals surface area contributed by atoms with Gasteiger partial charge in [0.15, 0.2) is 6.61 Å². The van der Waals surface area contributed by atoms with Crippen molar-refractivity contribution in [3.63, 3.8) is 0 Å². The largest absolute Gasteiger partial charge is 0.482 e. The Balaban J connectivity index is 1.74. The first kappa shape index (κ1) is 24.5. The molecule has 178 valence electrons. The molecule has 0 unspecified atom stereocenters. The second-order valence-corrected chi connectivity index (χ2v) is 8.75. The van der Waals surface area contributed by atoms with Crippen LogP contribution in [0.2, 0.25) is 0 Å². The fourth-order valence-corrected chi connectivity index (χ4v) is 5.20. The van der Waals surface area contributed by atoms with Gasteiger partial charge in [-0.1, -0.05) is 19.1 Å². The van der Waals surface area contributed by atoms with E-state index in [4.69, 9.17) is 24.4 Å². The number of hydrogen-bond acceptors (Lipinski definition) is 7. The van der Waals surface area contributed by atoms with Crippen molar-refractivity contribution in [2.45, 2.75) is 57.7 Å². The minimum absolute atomic E-state index is 0.0889. The third-order valence-corrected chi connectivity index (χ3v) is 6.71. The molecule has 3 N–H and O–H groups in total. The molecule has 1 aromatic carbocycles. The van der Waals surface area contributed by atoms with Crippen molar-refractivity contribution in [3.8, 4) is 5.75 Å². The summed E-state index contributed by atoms with van der Waals surface area (Å²) in [5.74, 6) is -0.0958. The average molecular weight is 451 g/mol. The maximum Gasteiger partial charge on any atom is 0.341 e. The van der Waals surface area contributed by atoms with Gasteiger partial charge in [0.2, 0.25) is 0 Å². The van der Waals surface area contributed by atoms with Crippen molar-refractivity contribution in [1.29, 1.82) is 0 Å². The van der Waals surface area contributed by atoms with Crippen LogP contribution in [-0.4, -0.2) is 65.9 Å². The minimum Gasteiger partial charge on any atom is -0.482 e. The molecule has 2 aliphatic carbocycles. The van der Waals surface area contributed by atoms with Gasteiger partial charge in [-0.25, -0.2) is 9.59 Å². The van der Waals surface area contributed by atoms with Crippen molar-refractivity contribution in [2.24, 2.45) is 17.8 Å². The van der Waals surface area contributed by atoms with Gasteiger partial charge in [0.05, 0.1) is 19.3 Å². The molecule has 8 heteroatoms. The smallest absolute Gasteiger partial charge is 0.341 e. The summed E-state index contributed by atoms with van der Waals surface area (Å²) < 4.78 is 16.4. The summed E-state index contributed by atoms with van der Waals surface area (Å²) in [5.41, 5.74) is 2.19. The van der Waals surface area contributed by atoms with Crippen molar-refractivity contribution in [1.82, 2.24) is 0 Å². The molecule has 0 bridgehead atoms. The fourth-order valence-electron chi connectivity index (χ4n) is 5.20. The van der Waals surface area contributed by atoms with Crippen LogP contribution in [0.3, 0.4) is 0 Å². The van der Waals surface area contributed by atoms with Crippen LogP contribution in [0.1, 0.15) is 43.7 Å². The summed E-state index contributed by atoms with van der Waals surface area (Å²) in [6.45, 7) is 1.32. The molecular weight excluding hydrogens is 416 g/mol. The Morgan fingerprint density at radius 3 is 2.75 bits per heavy atom. The van der Waals surface area contributed by atoms with Gasteiger partial charge in [0.1, 0.15) is 18.5 Å². The second-order valence-electron chi connectivity index (χ2n) is 8.75. The van der Waals surface area contributed by atoms with E-state index in [1.165, 1.54) is 0 Å². The third-order valence-electron chi connectivity index (χ3n) is 6.71. The molecule has 0 aromatic heterocycles. The molecule has 0 aliphatic heterocycles. The first-order valence-corrected chi connectivity index (χ1v) is 11.4. The van der Waals surface area contributed by atoms with Gasteiger partial charge in [0, 0.05) is 0 Å². The number of rotatable bonds is 12. The normalized spacial score (nSPS) is 25.0. The van der Waals surface area contributed by atoms with Crippen LogP contribution in [0.15, 0.2) is 18.2 Å². The van der Waals surface area contributed by atoms with E-state index in [2.05, 4.69) is 6.07 Å². The average Bonchev–Trinajstić information content (AvgIpc) is 3.10. The topological polar surface area (TPSA) is 123 Å². The predicted molar refractivity (Wildman–Crippen MR) is 115 cm³/mol. The lowest BCUT2D eigenvalue weighted by atomic mass is 9.73. The molecule has 0 saturated heterocycles. The first-order chi connectivity index (χ1) is 15.4. The van der Waals surface area contributed by atoms with Gasteiger partial charge >= 0.3 is 11.9 Å². The summed E-state index contributed by atoms with van der Waals surface area (Å²) in [4.78, 5) is 23.2. The molecule has 0 radical (unpaired) electrons. The molecule has 5 atom stereocenters. The Labute approximate surface area is 188 Å². The van der Waals surface area contributed by atoms with Gasteiger partial charge in [-0.2, -0.15) is 0 Å². The van der Waals surface area contributed by atoms with Gasteiger partial charge in [-0.15, -0.1) is 0 Å². The minimum atomic E-state index is -1.01. The van der Waals surface area contributed by atoms with E-state index in [9.17, 15) is 14.7 Å². The highest BCUT2D eigenvalue weighted by Gasteiger charge is 2.47. The van der Waals surface area contributed by atoms with Crippen LogP contribution in [0.4, 0.5) is 0 Å². The number of carbonyl (C=O) groups is 2. The first-order valence-electron chi connectivity index (χ1n) is 11.4. The standard InChI is InChI=1S/C24H34O8/c1-2-17(26)6-7-18-19-10-15-4-3-5-21(31-13-23(27)28)20(15)11-16(19)12-22(18)32-24(29)14-30-9-8-25/h3-5,16-19,22,25-26H,2,6-14H2,1H3,(H,27,28)/t16-,17-,18+,19-,22+/m0/s1. The molecule has 0 amide bonds. The molecule has 1 saturated carbocycles. The lowest BCUT2D eigenvalue weighted by molar-refractivity contribution is -0.157. The van der Waals surface area contributed by atoms with Crippen LogP contribution in [-0.2, 0) is 31.9 Å². The van der Waals surface area contributed by atoms with E-state index in [1.54, 1.807) is 0 Å². The zero-order chi connectivity index (χ0) is 23.1. The van der Waals surface area contributed by atoms with Crippen LogP contribution in [0.25, 0.3) is 0 Å². The molecule has 1 aromatic rings. The van der Waals surface area contributed by atoms with E-state index in [1.807, 2.05) is 19.1 Å². The highest BCUT2D eigenvalue weighted by atomic mass is 16.6. The van der Waals surface area contributed by atoms with Gasteiger partial charge in [-0.3, -0.25) is 0 Å². The van der Waals surface area contributed by atoms with Gasteiger partial charge < -0.3 is 29.5 Å². The fraction of sp³-hybridized carbons (Fsp3) is 0.667. The lowest BCUT2D eigenvalue weighted by Crippen LogP contribution is -2.30. The third kappa shape index (κ3) is 6.21. The zero-order valence-corrected chi connectivity index (χ0v) is 18.6. The number of carboxylic acid groups (broad SMARTS) is 1. The molecular formula is C24H34O8. The van der Waals surface area contributed by atoms with Crippen LogP contribution in [0, 0.1) is 17.8 Å². The Morgan fingerprint density at radius 2 is 2.03 bits per heavy atom. The van der Waals surface area contributed by atoms with Gasteiger partial charge in [0.25, 0.3) is 0 Å². The van der Waals surface area contributed by atoms with Crippen LogP contribution < -0.4 is 4.74 Å². The van der Waals surface area contributed by atoms with E-state index in [0.717, 1.165) is 36.8 Å². The number of benzene rings is 1. The summed E-state index contributed by atoms with van der Waals surface area (Å²) in [6.07, 6.45) is 3.78. The number of aliphatic carboxylic acids is 1. The molecule has 1 fully saturated rings. The van der Waals surface area contributed by atoms with E-state index >= 15 is 0 Å². The Hall–Kier alpha value is -2.16. The number of carboxylic acids is 1. The summed E-state index contributed by atoms with van der Waals surface area (Å²) in [5, 5.41) is 27.9. The lowest BCUT2D eigenvalue weighted by Gasteiger charge is -2.32. The molecule has 0 heterocycles. The number of hydrogen-bond donors (Lipinski definition) is 3. The van der Waals surface area contributed by atoms with Crippen LogP contribution in [0.5, 0.6) is 5.75 Å². The van der Waals surface area contributed by atoms with Crippen molar-refractivity contribution < 1.29 is 39.1 Å². The SMILES string of the molecule is CC[C@H](O)CC[C@@H]1[C@H]2Cc3cccc(OCC(=O)O)c3C[C@H]2C[C@H]1OC(=O)COCCO. The van der Waals surface area contributed by atoms with Gasteiger partial charge in [-0.05, 0) is 73.5 Å².